The monoisotopic (exact) mass is 394 g/mol. The second kappa shape index (κ2) is 12.1. The zero-order chi connectivity index (χ0) is 14.3. The van der Waals surface area contributed by atoms with E-state index in [0.717, 1.165) is 31.7 Å². The van der Waals surface area contributed by atoms with E-state index in [4.69, 9.17) is 34.8 Å². The molecule has 1 aromatic rings. The first-order chi connectivity index (χ1) is 8.99. The maximum absolute atomic E-state index is 6.07. The largest absolute Gasteiger partial charge is 0.305 e. The first kappa shape index (κ1) is 23.9. The molecule has 0 spiro atoms. The zero-order valence-electron chi connectivity index (χ0n) is 12.2. The van der Waals surface area contributed by atoms with E-state index in [1.165, 1.54) is 0 Å². The van der Waals surface area contributed by atoms with Crippen LogP contribution in [0.1, 0.15) is 25.5 Å². The lowest BCUT2D eigenvalue weighted by molar-refractivity contribution is 0.296. The van der Waals surface area contributed by atoms with Gasteiger partial charge in [0.05, 0.1) is 6.04 Å². The number of halogens is 5. The molecule has 7 heteroatoms. The Labute approximate surface area is 155 Å². The van der Waals surface area contributed by atoms with Crippen molar-refractivity contribution in [3.8, 4) is 0 Å². The lowest BCUT2D eigenvalue weighted by Gasteiger charge is -2.27. The summed E-state index contributed by atoms with van der Waals surface area (Å²) in [5.41, 5.74) is 0.988. The molecule has 0 heterocycles. The Morgan fingerprint density at radius 1 is 1.05 bits per heavy atom. The molecule has 1 rings (SSSR count). The Kier molecular flexibility index (Phi) is 13.7. The van der Waals surface area contributed by atoms with Crippen LogP contribution in [0.15, 0.2) is 30.3 Å². The smallest absolute Gasteiger partial charge is 0.209 e. The van der Waals surface area contributed by atoms with Gasteiger partial charge in [-0.2, -0.15) is 0 Å². The van der Waals surface area contributed by atoms with E-state index in [-0.39, 0.29) is 30.9 Å². The third-order valence-corrected chi connectivity index (χ3v) is 3.79. The Bertz CT molecular complexity index is 352. The molecule has 0 radical (unpaired) electrons. The van der Waals surface area contributed by atoms with Gasteiger partial charge in [0.1, 0.15) is 0 Å². The van der Waals surface area contributed by atoms with Crippen molar-refractivity contribution in [1.29, 1.82) is 0 Å². The Morgan fingerprint density at radius 3 is 2.00 bits per heavy atom. The highest BCUT2D eigenvalue weighted by atomic mass is 35.6. The van der Waals surface area contributed by atoms with Crippen LogP contribution >= 0.6 is 59.6 Å². The summed E-state index contributed by atoms with van der Waals surface area (Å²) < 4.78 is -1.36. The van der Waals surface area contributed by atoms with E-state index in [1.54, 1.807) is 0 Å². The van der Waals surface area contributed by atoms with E-state index in [9.17, 15) is 0 Å². The third kappa shape index (κ3) is 8.71. The molecule has 124 valence electrons. The van der Waals surface area contributed by atoms with E-state index < -0.39 is 3.79 Å². The first-order valence-electron chi connectivity index (χ1n) is 6.56. The minimum absolute atomic E-state index is 0. The molecule has 0 aliphatic heterocycles. The summed E-state index contributed by atoms with van der Waals surface area (Å²) in [5, 5.41) is 3.34. The average molecular weight is 397 g/mol. The van der Waals surface area contributed by atoms with Crippen molar-refractivity contribution >= 4 is 59.6 Å². The lowest BCUT2D eigenvalue weighted by Crippen LogP contribution is -2.38. The fraction of sp³-hybridized carbons (Fsp3) is 0.571. The maximum Gasteiger partial charge on any atom is 0.209 e. The number of hydrogen-bond acceptors (Lipinski definition) is 2. The molecule has 0 aliphatic rings. The van der Waals surface area contributed by atoms with Crippen LogP contribution in [0.5, 0.6) is 0 Å². The van der Waals surface area contributed by atoms with E-state index >= 15 is 0 Å². The molecule has 1 atom stereocenters. The second-order valence-electron chi connectivity index (χ2n) is 4.37. The van der Waals surface area contributed by atoms with Crippen LogP contribution in [-0.2, 0) is 0 Å². The molecule has 0 aliphatic carbocycles. The molecule has 0 aromatic heterocycles. The summed E-state index contributed by atoms with van der Waals surface area (Å²) in [6.07, 6.45) is 0. The molecule has 0 amide bonds. The van der Waals surface area contributed by atoms with E-state index in [0.29, 0.717) is 0 Å². The normalized spacial score (nSPS) is 12.5. The first-order valence-corrected chi connectivity index (χ1v) is 7.69. The predicted molar refractivity (Wildman–Crippen MR) is 99.8 cm³/mol. The SMILES string of the molecule is CCN(CC)CCNC(c1ccccc1)C(Cl)(Cl)Cl.Cl.Cl. The minimum Gasteiger partial charge on any atom is -0.305 e. The standard InChI is InChI=1S/C14H21Cl3N2.2ClH/c1-3-19(4-2)11-10-18-13(14(15,16)17)12-8-6-5-7-9-12;;/h5-9,13,18H,3-4,10-11H2,1-2H3;2*1H. The van der Waals surface area contributed by atoms with Crippen LogP contribution < -0.4 is 5.32 Å². The Balaban J connectivity index is 0. The highest BCUT2D eigenvalue weighted by Gasteiger charge is 2.33. The van der Waals surface area contributed by atoms with Crippen LogP contribution in [0, 0.1) is 0 Å². The highest BCUT2D eigenvalue weighted by molar-refractivity contribution is 6.68. The molecule has 21 heavy (non-hydrogen) atoms. The molecule has 0 bridgehead atoms. The third-order valence-electron chi connectivity index (χ3n) is 3.13. The molecule has 0 saturated heterocycles. The Morgan fingerprint density at radius 2 is 1.57 bits per heavy atom. The zero-order valence-corrected chi connectivity index (χ0v) is 16.1. The topological polar surface area (TPSA) is 15.3 Å². The van der Waals surface area contributed by atoms with Gasteiger partial charge in [0.15, 0.2) is 0 Å². The maximum atomic E-state index is 6.07. The van der Waals surface area contributed by atoms with Gasteiger partial charge >= 0.3 is 0 Å². The summed E-state index contributed by atoms with van der Waals surface area (Å²) in [7, 11) is 0. The summed E-state index contributed by atoms with van der Waals surface area (Å²) in [6, 6.07) is 9.49. The van der Waals surface area contributed by atoms with Gasteiger partial charge in [0.25, 0.3) is 0 Å². The fourth-order valence-corrected chi connectivity index (χ4v) is 2.58. The number of nitrogens with one attached hydrogen (secondary N) is 1. The van der Waals surface area contributed by atoms with Gasteiger partial charge < -0.3 is 10.2 Å². The molecular formula is C14H23Cl5N2. The molecular weight excluding hydrogens is 373 g/mol. The van der Waals surface area contributed by atoms with Gasteiger partial charge in [0.2, 0.25) is 3.79 Å². The van der Waals surface area contributed by atoms with Crippen LogP contribution in [-0.4, -0.2) is 34.9 Å². The molecule has 0 saturated carbocycles. The van der Waals surface area contributed by atoms with Gasteiger partial charge in [-0.15, -0.1) is 24.8 Å². The lowest BCUT2D eigenvalue weighted by atomic mass is 10.1. The number of nitrogens with zero attached hydrogens (tertiary/aromatic N) is 1. The van der Waals surface area contributed by atoms with E-state index in [1.807, 2.05) is 30.3 Å². The van der Waals surface area contributed by atoms with Crippen molar-refractivity contribution in [3.63, 3.8) is 0 Å². The summed E-state index contributed by atoms with van der Waals surface area (Å²) in [4.78, 5) is 2.33. The van der Waals surface area contributed by atoms with Crippen molar-refractivity contribution in [2.75, 3.05) is 26.2 Å². The van der Waals surface area contributed by atoms with E-state index in [2.05, 4.69) is 24.1 Å². The number of likely N-dealkylation sites (N-methyl/N-ethyl adjacent to an activating group) is 1. The van der Waals surface area contributed by atoms with Crippen LogP contribution in [0.2, 0.25) is 0 Å². The Hall–Kier alpha value is 0.590. The predicted octanol–water partition coefficient (Wildman–Crippen LogP) is 4.87. The second-order valence-corrected chi connectivity index (χ2v) is 6.74. The van der Waals surface area contributed by atoms with Gasteiger partial charge in [-0.1, -0.05) is 79.0 Å². The minimum atomic E-state index is -1.36. The van der Waals surface area contributed by atoms with Crippen molar-refractivity contribution in [3.05, 3.63) is 35.9 Å². The quantitative estimate of drug-likeness (QED) is 0.661. The number of rotatable bonds is 7. The average Bonchev–Trinajstić information content (AvgIpc) is 2.38. The number of alkyl halides is 3. The summed E-state index contributed by atoms with van der Waals surface area (Å²) in [6.45, 7) is 8.08. The van der Waals surface area contributed by atoms with Crippen molar-refractivity contribution in [2.45, 2.75) is 23.7 Å². The van der Waals surface area contributed by atoms with Gasteiger partial charge in [-0.25, -0.2) is 0 Å². The number of benzene rings is 1. The van der Waals surface area contributed by atoms with Gasteiger partial charge in [-0.05, 0) is 18.7 Å². The van der Waals surface area contributed by atoms with Crippen LogP contribution in [0.3, 0.4) is 0 Å². The molecule has 0 fully saturated rings. The van der Waals surface area contributed by atoms with Gasteiger partial charge in [0, 0.05) is 13.1 Å². The highest BCUT2D eigenvalue weighted by Crippen LogP contribution is 2.39. The fourth-order valence-electron chi connectivity index (χ4n) is 1.97. The number of hydrogen-bond donors (Lipinski definition) is 1. The summed E-state index contributed by atoms with van der Waals surface area (Å²) in [5.74, 6) is 0. The molecule has 1 unspecified atom stereocenters. The molecule has 1 N–H and O–H groups in total. The van der Waals surface area contributed by atoms with Crippen LogP contribution in [0.25, 0.3) is 0 Å². The molecule has 2 nitrogen and oxygen atoms in total. The van der Waals surface area contributed by atoms with Crippen molar-refractivity contribution in [1.82, 2.24) is 10.2 Å². The van der Waals surface area contributed by atoms with Gasteiger partial charge in [-0.3, -0.25) is 0 Å². The van der Waals surface area contributed by atoms with Crippen LogP contribution in [0.4, 0.5) is 0 Å². The van der Waals surface area contributed by atoms with Crippen molar-refractivity contribution in [2.24, 2.45) is 0 Å². The molecule has 1 aromatic carbocycles. The summed E-state index contributed by atoms with van der Waals surface area (Å²) >= 11 is 18.2. The van der Waals surface area contributed by atoms with Crippen molar-refractivity contribution < 1.29 is 0 Å².